The fraction of sp³-hybridized carbons (Fsp3) is 0.0588. The minimum Gasteiger partial charge on any atom is -0.302 e. The van der Waals surface area contributed by atoms with Gasteiger partial charge in [-0.2, -0.15) is 0 Å². The van der Waals surface area contributed by atoms with E-state index in [1.54, 1.807) is 16.8 Å². The van der Waals surface area contributed by atoms with E-state index in [9.17, 15) is 18.8 Å². The highest BCUT2D eigenvalue weighted by atomic mass is 35.5. The van der Waals surface area contributed by atoms with Crippen LogP contribution in [0.1, 0.15) is 5.56 Å². The number of aromatic amines is 2. The van der Waals surface area contributed by atoms with Crippen LogP contribution in [0.3, 0.4) is 0 Å². The van der Waals surface area contributed by atoms with Crippen molar-refractivity contribution >= 4 is 55.5 Å². The maximum Gasteiger partial charge on any atom is 0.326 e. The standard InChI is InChI=1S/C17H10ClFN4O3S2/c18-9-1-7(2-10(19)4-9)11-6-28-17(20-11)21-12(24)3-8-5-27-15-13(8)14(25)22-16(26)23-15/h1-2,4-6H,3H2,(H,20,21,24)(H2,22,23,25,26). The number of nitrogens with zero attached hydrogens (tertiary/aromatic N) is 1. The second kappa shape index (κ2) is 7.30. The van der Waals surface area contributed by atoms with Gasteiger partial charge in [0.25, 0.3) is 5.56 Å². The van der Waals surface area contributed by atoms with Crippen LogP contribution >= 0.6 is 34.3 Å². The summed E-state index contributed by atoms with van der Waals surface area (Å²) in [6.45, 7) is 0. The molecule has 7 nitrogen and oxygen atoms in total. The van der Waals surface area contributed by atoms with E-state index in [4.69, 9.17) is 11.6 Å². The first-order chi connectivity index (χ1) is 13.4. The van der Waals surface area contributed by atoms with E-state index < -0.39 is 17.1 Å². The maximum absolute atomic E-state index is 13.5. The quantitative estimate of drug-likeness (QED) is 0.455. The first-order valence-electron chi connectivity index (χ1n) is 7.83. The van der Waals surface area contributed by atoms with Crippen LogP contribution in [0.4, 0.5) is 9.52 Å². The number of thiazole rings is 1. The predicted molar refractivity (Wildman–Crippen MR) is 108 cm³/mol. The molecule has 11 heteroatoms. The van der Waals surface area contributed by atoms with Crippen molar-refractivity contribution in [3.63, 3.8) is 0 Å². The molecule has 0 spiro atoms. The molecule has 0 bridgehead atoms. The number of carbonyl (C=O) groups excluding carboxylic acids is 1. The van der Waals surface area contributed by atoms with Gasteiger partial charge in [0.15, 0.2) is 5.13 Å². The zero-order valence-corrected chi connectivity index (χ0v) is 16.2. The van der Waals surface area contributed by atoms with E-state index in [2.05, 4.69) is 20.3 Å². The number of halogens is 2. The average Bonchev–Trinajstić information content (AvgIpc) is 3.21. The van der Waals surface area contributed by atoms with Crippen LogP contribution in [0.15, 0.2) is 38.5 Å². The van der Waals surface area contributed by atoms with Crippen LogP contribution < -0.4 is 16.6 Å². The summed E-state index contributed by atoms with van der Waals surface area (Å²) in [5.74, 6) is -0.850. The van der Waals surface area contributed by atoms with Gasteiger partial charge in [0.1, 0.15) is 10.6 Å². The van der Waals surface area contributed by atoms with Gasteiger partial charge in [-0.25, -0.2) is 14.2 Å². The number of amides is 1. The van der Waals surface area contributed by atoms with Crippen molar-refractivity contribution in [1.29, 1.82) is 0 Å². The Kier molecular flexibility index (Phi) is 4.84. The molecule has 3 aromatic heterocycles. The summed E-state index contributed by atoms with van der Waals surface area (Å²) in [5.41, 5.74) is 0.354. The van der Waals surface area contributed by atoms with E-state index in [0.717, 1.165) is 0 Å². The number of aromatic nitrogens is 3. The molecule has 3 heterocycles. The highest BCUT2D eigenvalue weighted by molar-refractivity contribution is 7.17. The third-order valence-electron chi connectivity index (χ3n) is 3.81. The van der Waals surface area contributed by atoms with Crippen molar-refractivity contribution < 1.29 is 9.18 Å². The molecule has 0 radical (unpaired) electrons. The van der Waals surface area contributed by atoms with Crippen molar-refractivity contribution in [1.82, 2.24) is 15.0 Å². The number of hydrogen-bond acceptors (Lipinski definition) is 6. The first-order valence-corrected chi connectivity index (χ1v) is 9.97. The molecular weight excluding hydrogens is 427 g/mol. The molecule has 3 N–H and O–H groups in total. The molecule has 0 saturated carbocycles. The summed E-state index contributed by atoms with van der Waals surface area (Å²) in [7, 11) is 0. The lowest BCUT2D eigenvalue weighted by Crippen LogP contribution is -2.22. The van der Waals surface area contributed by atoms with Crippen molar-refractivity contribution in [2.75, 3.05) is 5.32 Å². The average molecular weight is 437 g/mol. The molecule has 0 saturated heterocycles. The molecule has 4 rings (SSSR count). The number of anilines is 1. The number of H-pyrrole nitrogens is 2. The van der Waals surface area contributed by atoms with Gasteiger partial charge in [-0.15, -0.1) is 22.7 Å². The number of fused-ring (bicyclic) bond motifs is 1. The minimum absolute atomic E-state index is 0.0597. The number of rotatable bonds is 4. The first kappa shape index (κ1) is 18.5. The Morgan fingerprint density at radius 3 is 2.79 bits per heavy atom. The number of hydrogen-bond donors (Lipinski definition) is 3. The Hall–Kier alpha value is -2.82. The summed E-state index contributed by atoms with van der Waals surface area (Å²) in [6.07, 6.45) is -0.0597. The SMILES string of the molecule is O=C(Cc1csc2[nH]c(=O)[nH]c(=O)c12)Nc1nc(-c2cc(F)cc(Cl)c2)cs1. The highest BCUT2D eigenvalue weighted by Crippen LogP contribution is 2.28. The molecular formula is C17H10ClFN4O3S2. The molecule has 28 heavy (non-hydrogen) atoms. The molecule has 0 atom stereocenters. The lowest BCUT2D eigenvalue weighted by atomic mass is 10.2. The van der Waals surface area contributed by atoms with Crippen LogP contribution in [-0.2, 0) is 11.2 Å². The van der Waals surface area contributed by atoms with Gasteiger partial charge in [-0.3, -0.25) is 19.6 Å². The van der Waals surface area contributed by atoms with Crippen molar-refractivity contribution in [2.24, 2.45) is 0 Å². The smallest absolute Gasteiger partial charge is 0.302 e. The molecule has 0 aliphatic heterocycles. The van der Waals surface area contributed by atoms with Crippen LogP contribution in [-0.4, -0.2) is 20.9 Å². The predicted octanol–water partition coefficient (Wildman–Crippen LogP) is 3.38. The van der Waals surface area contributed by atoms with Crippen LogP contribution in [0.5, 0.6) is 0 Å². The summed E-state index contributed by atoms with van der Waals surface area (Å²) >= 11 is 8.22. The van der Waals surface area contributed by atoms with Crippen LogP contribution in [0.25, 0.3) is 21.5 Å². The van der Waals surface area contributed by atoms with E-state index in [-0.39, 0.29) is 22.7 Å². The van der Waals surface area contributed by atoms with Gasteiger partial charge in [-0.05, 0) is 29.1 Å². The summed E-state index contributed by atoms with van der Waals surface area (Å²) < 4.78 is 13.5. The topological polar surface area (TPSA) is 108 Å². The molecule has 142 valence electrons. The van der Waals surface area contributed by atoms with Crippen molar-refractivity contribution in [3.8, 4) is 11.3 Å². The summed E-state index contributed by atoms with van der Waals surface area (Å²) in [5, 5.41) is 6.86. The van der Waals surface area contributed by atoms with Gasteiger partial charge < -0.3 is 5.32 Å². The molecule has 0 unspecified atom stereocenters. The van der Waals surface area contributed by atoms with Gasteiger partial charge >= 0.3 is 5.69 Å². The zero-order chi connectivity index (χ0) is 19.8. The van der Waals surface area contributed by atoms with Gasteiger partial charge in [0, 0.05) is 16.0 Å². The Morgan fingerprint density at radius 1 is 1.18 bits per heavy atom. The van der Waals surface area contributed by atoms with E-state index in [1.165, 1.54) is 34.8 Å². The maximum atomic E-state index is 13.5. The lowest BCUT2D eigenvalue weighted by molar-refractivity contribution is -0.115. The van der Waals surface area contributed by atoms with Crippen molar-refractivity contribution in [3.05, 3.63) is 66.2 Å². The molecule has 1 amide bonds. The van der Waals surface area contributed by atoms with Crippen LogP contribution in [0.2, 0.25) is 5.02 Å². The molecule has 1 aromatic carbocycles. The lowest BCUT2D eigenvalue weighted by Gasteiger charge is -2.01. The monoisotopic (exact) mass is 436 g/mol. The van der Waals surface area contributed by atoms with Gasteiger partial charge in [-0.1, -0.05) is 11.6 Å². The number of nitrogens with one attached hydrogen (secondary N) is 3. The van der Waals surface area contributed by atoms with Crippen LogP contribution in [0, 0.1) is 5.82 Å². The third kappa shape index (κ3) is 3.75. The fourth-order valence-corrected chi connectivity index (χ4v) is 4.58. The van der Waals surface area contributed by atoms with E-state index >= 15 is 0 Å². The van der Waals surface area contributed by atoms with Crippen molar-refractivity contribution in [2.45, 2.75) is 6.42 Å². The van der Waals surface area contributed by atoms with Gasteiger partial charge in [0.05, 0.1) is 17.5 Å². The number of benzene rings is 1. The Bertz CT molecular complexity index is 1300. The number of thiophene rings is 1. The summed E-state index contributed by atoms with van der Waals surface area (Å²) in [4.78, 5) is 45.0. The molecule has 0 aliphatic rings. The molecule has 0 fully saturated rings. The Balaban J connectivity index is 1.53. The van der Waals surface area contributed by atoms with E-state index in [0.29, 0.717) is 26.8 Å². The zero-order valence-electron chi connectivity index (χ0n) is 13.8. The second-order valence-corrected chi connectivity index (χ2v) is 7.97. The fourth-order valence-electron chi connectivity index (χ4n) is 2.67. The third-order valence-corrected chi connectivity index (χ3v) is 5.73. The molecule has 0 aliphatic carbocycles. The largest absolute Gasteiger partial charge is 0.326 e. The Morgan fingerprint density at radius 2 is 2.00 bits per heavy atom. The molecule has 4 aromatic rings. The van der Waals surface area contributed by atoms with E-state index in [1.807, 2.05) is 0 Å². The van der Waals surface area contributed by atoms with Gasteiger partial charge in [0.2, 0.25) is 5.91 Å². The minimum atomic E-state index is -0.594. The number of carbonyl (C=O) groups is 1. The second-order valence-electron chi connectivity index (χ2n) is 5.79. The Labute approximate surface area is 168 Å². The summed E-state index contributed by atoms with van der Waals surface area (Å²) in [6, 6.07) is 4.08. The normalized spacial score (nSPS) is 11.1. The highest BCUT2D eigenvalue weighted by Gasteiger charge is 2.15.